The van der Waals surface area contributed by atoms with E-state index < -0.39 is 6.10 Å². The fraction of sp³-hybridized carbons (Fsp3) is 0.136. The van der Waals surface area contributed by atoms with Crippen LogP contribution >= 0.6 is 0 Å². The van der Waals surface area contributed by atoms with E-state index in [2.05, 4.69) is 0 Å². The van der Waals surface area contributed by atoms with Gasteiger partial charge in [0, 0.05) is 17.2 Å². The molecule has 0 aliphatic carbocycles. The summed E-state index contributed by atoms with van der Waals surface area (Å²) in [6.07, 6.45) is -0.740. The van der Waals surface area contributed by atoms with E-state index in [1.165, 1.54) is 12.1 Å². The Morgan fingerprint density at radius 2 is 1.59 bits per heavy atom. The summed E-state index contributed by atoms with van der Waals surface area (Å²) in [5.41, 5.74) is 2.21. The average molecular weight is 362 g/mol. The highest BCUT2D eigenvalue weighted by Crippen LogP contribution is 2.49. The van der Waals surface area contributed by atoms with Crippen molar-refractivity contribution in [2.45, 2.75) is 12.0 Å². The Kier molecular flexibility index (Phi) is 3.60. The SMILES string of the molecule is O=C(c1ccccc1)[C@@H]1Oc2cc3c(cc2[C@H]1c1ccc(F)cc1)OCO3. The van der Waals surface area contributed by atoms with Gasteiger partial charge in [-0.25, -0.2) is 4.39 Å². The standard InChI is InChI=1S/C22H15FO4/c23-15-8-6-13(7-9-15)20-16-10-18-19(26-12-25-18)11-17(16)27-22(20)21(24)14-4-2-1-3-5-14/h1-11,20,22H,12H2/t20-,22-/m1/s1. The van der Waals surface area contributed by atoms with Gasteiger partial charge in [0.05, 0.1) is 5.92 Å². The van der Waals surface area contributed by atoms with Gasteiger partial charge in [-0.2, -0.15) is 0 Å². The van der Waals surface area contributed by atoms with Crippen molar-refractivity contribution in [2.24, 2.45) is 0 Å². The fourth-order valence-corrected chi connectivity index (χ4v) is 3.65. The number of fused-ring (bicyclic) bond motifs is 2. The zero-order chi connectivity index (χ0) is 18.4. The first-order valence-corrected chi connectivity index (χ1v) is 8.65. The Morgan fingerprint density at radius 1 is 0.889 bits per heavy atom. The molecule has 0 saturated heterocycles. The van der Waals surface area contributed by atoms with Gasteiger partial charge in [0.15, 0.2) is 17.6 Å². The molecule has 2 aliphatic rings. The lowest BCUT2D eigenvalue weighted by atomic mass is 9.85. The molecule has 0 radical (unpaired) electrons. The summed E-state index contributed by atoms with van der Waals surface area (Å²) in [5, 5.41) is 0. The molecule has 2 heterocycles. The molecule has 3 aromatic rings. The maximum atomic E-state index is 13.4. The molecule has 2 atom stereocenters. The fourth-order valence-electron chi connectivity index (χ4n) is 3.65. The average Bonchev–Trinajstić information content (AvgIpc) is 3.30. The summed E-state index contributed by atoms with van der Waals surface area (Å²) < 4.78 is 30.4. The van der Waals surface area contributed by atoms with Gasteiger partial charge in [0.1, 0.15) is 11.6 Å². The van der Waals surface area contributed by atoms with Crippen LogP contribution in [-0.4, -0.2) is 18.7 Å². The smallest absolute Gasteiger partial charge is 0.231 e. The second kappa shape index (κ2) is 6.13. The van der Waals surface area contributed by atoms with Crippen molar-refractivity contribution in [3.05, 3.63) is 89.2 Å². The number of Topliss-reactive ketones (excluding diaryl/α,β-unsaturated/α-hetero) is 1. The molecule has 0 bridgehead atoms. The van der Waals surface area contributed by atoms with E-state index in [0.29, 0.717) is 22.8 Å². The highest BCUT2D eigenvalue weighted by molar-refractivity contribution is 6.01. The molecule has 2 aliphatic heterocycles. The molecule has 3 aromatic carbocycles. The molecule has 4 nitrogen and oxygen atoms in total. The number of ether oxygens (including phenoxy) is 3. The van der Waals surface area contributed by atoms with E-state index in [1.807, 2.05) is 24.3 Å². The Bertz CT molecular complexity index is 1010. The number of ketones is 1. The largest absolute Gasteiger partial charge is 0.481 e. The molecule has 0 fully saturated rings. The van der Waals surface area contributed by atoms with Crippen LogP contribution in [-0.2, 0) is 0 Å². The normalized spacial score (nSPS) is 19.4. The molecule has 5 rings (SSSR count). The summed E-state index contributed by atoms with van der Waals surface area (Å²) in [6.45, 7) is 0.159. The van der Waals surface area contributed by atoms with Gasteiger partial charge < -0.3 is 14.2 Å². The van der Waals surface area contributed by atoms with Gasteiger partial charge in [-0.1, -0.05) is 42.5 Å². The van der Waals surface area contributed by atoms with E-state index in [4.69, 9.17) is 14.2 Å². The Morgan fingerprint density at radius 3 is 2.33 bits per heavy atom. The molecule has 0 N–H and O–H groups in total. The minimum absolute atomic E-state index is 0.122. The lowest BCUT2D eigenvalue weighted by molar-refractivity contribution is 0.0806. The van der Waals surface area contributed by atoms with E-state index in [9.17, 15) is 9.18 Å². The van der Waals surface area contributed by atoms with Gasteiger partial charge in [-0.3, -0.25) is 4.79 Å². The van der Waals surface area contributed by atoms with Crippen LogP contribution in [0.2, 0.25) is 0 Å². The summed E-state index contributed by atoms with van der Waals surface area (Å²) in [4.78, 5) is 13.2. The van der Waals surface area contributed by atoms with Crippen molar-refractivity contribution in [3.63, 3.8) is 0 Å². The maximum absolute atomic E-state index is 13.4. The van der Waals surface area contributed by atoms with Crippen molar-refractivity contribution in [1.29, 1.82) is 0 Å². The third-order valence-electron chi connectivity index (χ3n) is 4.94. The molecule has 0 spiro atoms. The first kappa shape index (κ1) is 15.9. The molecule has 0 saturated carbocycles. The van der Waals surface area contributed by atoms with Gasteiger partial charge in [0.2, 0.25) is 12.6 Å². The Hall–Kier alpha value is -3.34. The third-order valence-corrected chi connectivity index (χ3v) is 4.94. The van der Waals surface area contributed by atoms with E-state index in [1.54, 1.807) is 30.3 Å². The molecular weight excluding hydrogens is 347 g/mol. The molecule has 0 unspecified atom stereocenters. The summed E-state index contributed by atoms with van der Waals surface area (Å²) >= 11 is 0. The van der Waals surface area contributed by atoms with Gasteiger partial charge in [0.25, 0.3) is 0 Å². The number of hydrogen-bond donors (Lipinski definition) is 0. The van der Waals surface area contributed by atoms with Crippen LogP contribution in [0, 0.1) is 5.82 Å². The van der Waals surface area contributed by atoms with Crippen LogP contribution in [0.3, 0.4) is 0 Å². The predicted molar refractivity (Wildman–Crippen MR) is 96.0 cm³/mol. The number of carbonyl (C=O) groups excluding carboxylic acids is 1. The van der Waals surface area contributed by atoms with Crippen LogP contribution in [0.15, 0.2) is 66.7 Å². The molecule has 5 heteroatoms. The van der Waals surface area contributed by atoms with Crippen molar-refractivity contribution in [2.75, 3.05) is 6.79 Å². The van der Waals surface area contributed by atoms with E-state index >= 15 is 0 Å². The lowest BCUT2D eigenvalue weighted by Gasteiger charge is -2.18. The van der Waals surface area contributed by atoms with E-state index in [0.717, 1.165) is 11.1 Å². The van der Waals surface area contributed by atoms with Crippen molar-refractivity contribution in [1.82, 2.24) is 0 Å². The van der Waals surface area contributed by atoms with Crippen molar-refractivity contribution >= 4 is 5.78 Å². The van der Waals surface area contributed by atoms with Crippen molar-refractivity contribution < 1.29 is 23.4 Å². The lowest BCUT2D eigenvalue weighted by Crippen LogP contribution is -2.30. The number of hydrogen-bond acceptors (Lipinski definition) is 4. The number of halogens is 1. The maximum Gasteiger partial charge on any atom is 0.231 e. The molecule has 0 amide bonds. The number of benzene rings is 3. The Balaban J connectivity index is 1.62. The van der Waals surface area contributed by atoms with Gasteiger partial charge >= 0.3 is 0 Å². The van der Waals surface area contributed by atoms with Gasteiger partial charge in [-0.15, -0.1) is 0 Å². The van der Waals surface area contributed by atoms with Crippen LogP contribution < -0.4 is 14.2 Å². The predicted octanol–water partition coefficient (Wildman–Crippen LogP) is 4.33. The minimum atomic E-state index is -0.740. The zero-order valence-electron chi connectivity index (χ0n) is 14.2. The summed E-state index contributed by atoms with van der Waals surface area (Å²) in [5.74, 6) is 1.000. The van der Waals surface area contributed by atoms with Crippen LogP contribution in [0.25, 0.3) is 0 Å². The zero-order valence-corrected chi connectivity index (χ0v) is 14.2. The molecule has 27 heavy (non-hydrogen) atoms. The summed E-state index contributed by atoms with van der Waals surface area (Å²) in [6, 6.07) is 18.8. The monoisotopic (exact) mass is 362 g/mol. The first-order valence-electron chi connectivity index (χ1n) is 8.65. The van der Waals surface area contributed by atoms with Crippen LogP contribution in [0.1, 0.15) is 27.4 Å². The van der Waals surface area contributed by atoms with Crippen LogP contribution in [0.5, 0.6) is 17.2 Å². The minimum Gasteiger partial charge on any atom is -0.481 e. The highest BCUT2D eigenvalue weighted by atomic mass is 19.1. The number of rotatable bonds is 3. The topological polar surface area (TPSA) is 44.8 Å². The molecular formula is C22H15FO4. The van der Waals surface area contributed by atoms with Crippen LogP contribution in [0.4, 0.5) is 4.39 Å². The first-order chi connectivity index (χ1) is 13.2. The highest BCUT2D eigenvalue weighted by Gasteiger charge is 2.42. The second-order valence-electron chi connectivity index (χ2n) is 6.54. The molecule has 0 aromatic heterocycles. The molecule has 134 valence electrons. The van der Waals surface area contributed by atoms with Gasteiger partial charge in [-0.05, 0) is 23.8 Å². The Labute approximate surface area is 155 Å². The second-order valence-corrected chi connectivity index (χ2v) is 6.54. The summed E-state index contributed by atoms with van der Waals surface area (Å²) in [7, 11) is 0. The van der Waals surface area contributed by atoms with Crippen molar-refractivity contribution in [3.8, 4) is 17.2 Å². The number of carbonyl (C=O) groups is 1. The third kappa shape index (κ3) is 2.63. The van der Waals surface area contributed by atoms with E-state index in [-0.39, 0.29) is 24.3 Å². The quantitative estimate of drug-likeness (QED) is 0.651.